The highest BCUT2D eigenvalue weighted by Crippen LogP contribution is 2.25. The van der Waals surface area contributed by atoms with Gasteiger partial charge < -0.3 is 10.2 Å². The second kappa shape index (κ2) is 9.98. The molecular weight excluding hydrogens is 354 g/mol. The number of carbonyl (C=O) groups is 2. The number of pyridine rings is 1. The van der Waals surface area contributed by atoms with E-state index in [1.54, 1.807) is 19.0 Å². The van der Waals surface area contributed by atoms with E-state index in [0.29, 0.717) is 6.04 Å². The summed E-state index contributed by atoms with van der Waals surface area (Å²) in [6.45, 7) is 5.18. The molecule has 154 valence electrons. The van der Waals surface area contributed by atoms with Gasteiger partial charge in [0.1, 0.15) is 0 Å². The molecule has 0 aromatic carbocycles. The fourth-order valence-electron chi connectivity index (χ4n) is 4.42. The van der Waals surface area contributed by atoms with E-state index in [1.807, 2.05) is 18.5 Å². The maximum atomic E-state index is 12.7. The van der Waals surface area contributed by atoms with Crippen molar-refractivity contribution in [3.63, 3.8) is 0 Å². The smallest absolute Gasteiger partial charge is 0.239 e. The second-order valence-electron chi connectivity index (χ2n) is 8.07. The van der Waals surface area contributed by atoms with Crippen LogP contribution in [0.1, 0.15) is 31.2 Å². The number of likely N-dealkylation sites (tertiary alicyclic amines) is 2. The fourth-order valence-corrected chi connectivity index (χ4v) is 4.42. The average molecular weight is 388 g/mol. The predicted octanol–water partition coefficient (Wildman–Crippen LogP) is 0.962. The van der Waals surface area contributed by atoms with Gasteiger partial charge in [0, 0.05) is 45.6 Å². The third-order valence-electron chi connectivity index (χ3n) is 6.04. The number of nitrogens with one attached hydrogen (secondary N) is 1. The van der Waals surface area contributed by atoms with Crippen LogP contribution in [-0.2, 0) is 16.1 Å². The first-order valence-electron chi connectivity index (χ1n) is 10.4. The molecule has 0 radical (unpaired) electrons. The molecule has 0 saturated carbocycles. The van der Waals surface area contributed by atoms with Crippen LogP contribution in [-0.4, -0.2) is 84.4 Å². The van der Waals surface area contributed by atoms with Gasteiger partial charge in [0.2, 0.25) is 11.8 Å². The third-order valence-corrected chi connectivity index (χ3v) is 6.04. The van der Waals surface area contributed by atoms with E-state index in [4.69, 9.17) is 0 Å². The third kappa shape index (κ3) is 5.52. The number of amides is 2. The maximum Gasteiger partial charge on any atom is 0.239 e. The van der Waals surface area contributed by atoms with Crippen molar-refractivity contribution < 1.29 is 9.59 Å². The summed E-state index contributed by atoms with van der Waals surface area (Å²) >= 11 is 0. The number of rotatable bonds is 6. The molecule has 3 heterocycles. The van der Waals surface area contributed by atoms with E-state index >= 15 is 0 Å². The Morgan fingerprint density at radius 3 is 2.71 bits per heavy atom. The lowest BCUT2D eigenvalue weighted by Gasteiger charge is -2.42. The van der Waals surface area contributed by atoms with Crippen LogP contribution in [0.4, 0.5) is 0 Å². The molecule has 0 spiro atoms. The van der Waals surface area contributed by atoms with Crippen LogP contribution >= 0.6 is 0 Å². The predicted molar refractivity (Wildman–Crippen MR) is 109 cm³/mol. The largest absolute Gasteiger partial charge is 0.358 e. The van der Waals surface area contributed by atoms with Crippen molar-refractivity contribution in [2.45, 2.75) is 38.3 Å². The molecule has 28 heavy (non-hydrogen) atoms. The lowest BCUT2D eigenvalue weighted by atomic mass is 9.93. The van der Waals surface area contributed by atoms with Crippen molar-refractivity contribution in [2.24, 2.45) is 5.92 Å². The minimum Gasteiger partial charge on any atom is -0.358 e. The highest BCUT2D eigenvalue weighted by molar-refractivity contribution is 5.85. The molecular formula is C21H33N5O2. The Bertz CT molecular complexity index is 645. The molecule has 1 aromatic heterocycles. The first kappa shape index (κ1) is 20.7. The number of nitrogens with zero attached hydrogens (tertiary/aromatic N) is 4. The monoisotopic (exact) mass is 387 g/mol. The van der Waals surface area contributed by atoms with Gasteiger partial charge in [-0.15, -0.1) is 0 Å². The fraction of sp³-hybridized carbons (Fsp3) is 0.667. The van der Waals surface area contributed by atoms with E-state index in [2.05, 4.69) is 26.2 Å². The normalized spacial score (nSPS) is 22.0. The van der Waals surface area contributed by atoms with Gasteiger partial charge in [-0.2, -0.15) is 0 Å². The summed E-state index contributed by atoms with van der Waals surface area (Å²) in [6.07, 6.45) is 8.04. The van der Waals surface area contributed by atoms with E-state index in [9.17, 15) is 9.59 Å². The SMILES string of the molecule is CNC(=O)CN(C)C(=O)[C@@H]1CCCN(C2CCN(Cc3cccnc3)CC2)C1. The Morgan fingerprint density at radius 2 is 2.04 bits per heavy atom. The van der Waals surface area contributed by atoms with E-state index in [1.165, 1.54) is 5.56 Å². The van der Waals surface area contributed by atoms with Crippen molar-refractivity contribution in [2.75, 3.05) is 46.8 Å². The minimum absolute atomic E-state index is 0.0110. The number of aromatic nitrogens is 1. The molecule has 1 aromatic rings. The zero-order chi connectivity index (χ0) is 19.9. The Labute approximate surface area is 168 Å². The number of hydrogen-bond donors (Lipinski definition) is 1. The molecule has 2 saturated heterocycles. The number of hydrogen-bond acceptors (Lipinski definition) is 5. The van der Waals surface area contributed by atoms with Gasteiger partial charge >= 0.3 is 0 Å². The van der Waals surface area contributed by atoms with Crippen molar-refractivity contribution in [3.8, 4) is 0 Å². The Morgan fingerprint density at radius 1 is 1.25 bits per heavy atom. The van der Waals surface area contributed by atoms with Gasteiger partial charge in [-0.05, 0) is 56.9 Å². The van der Waals surface area contributed by atoms with Crippen LogP contribution in [0, 0.1) is 5.92 Å². The lowest BCUT2D eigenvalue weighted by Crippen LogP contribution is -2.51. The number of likely N-dealkylation sites (N-methyl/N-ethyl adjacent to an activating group) is 2. The molecule has 2 fully saturated rings. The zero-order valence-electron chi connectivity index (χ0n) is 17.1. The molecule has 0 unspecified atom stereocenters. The summed E-state index contributed by atoms with van der Waals surface area (Å²) in [7, 11) is 3.33. The van der Waals surface area contributed by atoms with E-state index < -0.39 is 0 Å². The highest BCUT2D eigenvalue weighted by Gasteiger charge is 2.33. The topological polar surface area (TPSA) is 68.8 Å². The average Bonchev–Trinajstić information content (AvgIpc) is 2.74. The molecule has 0 aliphatic carbocycles. The van der Waals surface area contributed by atoms with Crippen LogP contribution in [0.3, 0.4) is 0 Å². The second-order valence-corrected chi connectivity index (χ2v) is 8.07. The van der Waals surface area contributed by atoms with Gasteiger partial charge in [-0.25, -0.2) is 0 Å². The highest BCUT2D eigenvalue weighted by atomic mass is 16.2. The summed E-state index contributed by atoms with van der Waals surface area (Å²) in [5.74, 6) is -0.0105. The van der Waals surface area contributed by atoms with Crippen LogP contribution in [0.5, 0.6) is 0 Å². The summed E-state index contributed by atoms with van der Waals surface area (Å²) in [4.78, 5) is 35.1. The number of piperidine rings is 2. The van der Waals surface area contributed by atoms with Crippen molar-refractivity contribution >= 4 is 11.8 Å². The molecule has 3 rings (SSSR count). The van der Waals surface area contributed by atoms with Crippen molar-refractivity contribution in [3.05, 3.63) is 30.1 Å². The molecule has 1 atom stereocenters. The minimum atomic E-state index is -0.121. The van der Waals surface area contributed by atoms with Gasteiger partial charge in [-0.1, -0.05) is 6.07 Å². The Kier molecular flexibility index (Phi) is 7.39. The van der Waals surface area contributed by atoms with Crippen molar-refractivity contribution in [1.82, 2.24) is 25.0 Å². The molecule has 7 heteroatoms. The molecule has 7 nitrogen and oxygen atoms in total. The van der Waals surface area contributed by atoms with Crippen LogP contribution in [0.15, 0.2) is 24.5 Å². The summed E-state index contributed by atoms with van der Waals surface area (Å²) in [5.41, 5.74) is 1.27. The first-order valence-corrected chi connectivity index (χ1v) is 10.4. The Balaban J connectivity index is 1.47. The molecule has 2 amide bonds. The molecule has 2 aliphatic rings. The number of carbonyl (C=O) groups excluding carboxylic acids is 2. The first-order chi connectivity index (χ1) is 13.6. The lowest BCUT2D eigenvalue weighted by molar-refractivity contribution is -0.139. The Hall–Kier alpha value is -1.99. The maximum absolute atomic E-state index is 12.7. The van der Waals surface area contributed by atoms with Crippen LogP contribution in [0.2, 0.25) is 0 Å². The van der Waals surface area contributed by atoms with E-state index in [0.717, 1.165) is 58.4 Å². The van der Waals surface area contributed by atoms with E-state index in [-0.39, 0.29) is 24.3 Å². The van der Waals surface area contributed by atoms with Crippen LogP contribution < -0.4 is 5.32 Å². The molecule has 2 aliphatic heterocycles. The quantitative estimate of drug-likeness (QED) is 0.788. The summed E-state index contributed by atoms with van der Waals surface area (Å²) in [6, 6.07) is 4.69. The zero-order valence-corrected chi connectivity index (χ0v) is 17.1. The molecule has 0 bridgehead atoms. The summed E-state index contributed by atoms with van der Waals surface area (Å²) < 4.78 is 0. The standard InChI is InChI=1S/C21H33N5O2/c1-22-20(27)16-24(2)21(28)18-6-4-10-26(15-18)19-7-11-25(12-8-19)14-17-5-3-9-23-13-17/h3,5,9,13,18-19H,4,6-8,10-12,14-16H2,1-2H3,(H,22,27)/t18-/m1/s1. The van der Waals surface area contributed by atoms with Gasteiger partial charge in [0.15, 0.2) is 0 Å². The van der Waals surface area contributed by atoms with Crippen LogP contribution in [0.25, 0.3) is 0 Å². The summed E-state index contributed by atoms with van der Waals surface area (Å²) in [5, 5.41) is 2.58. The van der Waals surface area contributed by atoms with Crippen molar-refractivity contribution in [1.29, 1.82) is 0 Å². The van der Waals surface area contributed by atoms with Gasteiger partial charge in [0.05, 0.1) is 12.5 Å². The van der Waals surface area contributed by atoms with Gasteiger partial charge in [-0.3, -0.25) is 24.4 Å². The molecule has 1 N–H and O–H groups in total. The van der Waals surface area contributed by atoms with Gasteiger partial charge in [0.25, 0.3) is 0 Å².